The molecule has 2 aliphatic rings. The minimum absolute atomic E-state index is 0.0825. The summed E-state index contributed by atoms with van der Waals surface area (Å²) in [4.78, 5) is 6.10. The van der Waals surface area contributed by atoms with Gasteiger partial charge in [-0.05, 0) is 42.7 Å². The standard InChI is InChI=1S/C21H21ClFN7O2S/c22-16-10-14(5-6-17(16)23)33(31,32)29-8-7-13(9-12-3-1-2-4-18(12)29)30-19(24)15-11-26-28-20(15)27-21(30)25/h1-6,10-11,13,19H,7-9,24H2,(H3,25,26,27,28). The highest BCUT2D eigenvalue weighted by atomic mass is 35.5. The molecule has 12 heteroatoms. The Morgan fingerprint density at radius 1 is 1.21 bits per heavy atom. The number of H-pyrrole nitrogens is 1. The van der Waals surface area contributed by atoms with Crippen molar-refractivity contribution in [3.8, 4) is 0 Å². The predicted molar refractivity (Wildman–Crippen MR) is 123 cm³/mol. The van der Waals surface area contributed by atoms with E-state index in [1.54, 1.807) is 23.2 Å². The summed E-state index contributed by atoms with van der Waals surface area (Å²) in [6.45, 7) is 0.160. The monoisotopic (exact) mass is 489 g/mol. The predicted octanol–water partition coefficient (Wildman–Crippen LogP) is 2.63. The molecule has 2 aromatic carbocycles. The third-order valence-electron chi connectivity index (χ3n) is 6.01. The van der Waals surface area contributed by atoms with Crippen LogP contribution in [0, 0.1) is 5.82 Å². The number of hydrogen-bond acceptors (Lipinski definition) is 7. The molecule has 0 saturated carbocycles. The Bertz CT molecular complexity index is 1360. The van der Waals surface area contributed by atoms with Crippen LogP contribution in [0.25, 0.3) is 0 Å². The topological polar surface area (TPSA) is 134 Å². The third kappa shape index (κ3) is 3.62. The molecule has 2 atom stereocenters. The number of anilines is 1. The number of para-hydroxylation sites is 1. The Hall–Kier alpha value is -3.15. The fourth-order valence-corrected chi connectivity index (χ4v) is 6.18. The van der Waals surface area contributed by atoms with Crippen LogP contribution in [0.1, 0.15) is 23.7 Å². The van der Waals surface area contributed by atoms with E-state index in [0.29, 0.717) is 29.9 Å². The zero-order valence-electron chi connectivity index (χ0n) is 17.3. The summed E-state index contributed by atoms with van der Waals surface area (Å²) in [7, 11) is -4.00. The first-order valence-electron chi connectivity index (χ1n) is 10.2. The summed E-state index contributed by atoms with van der Waals surface area (Å²) in [6.07, 6.45) is 1.97. The quantitative estimate of drug-likeness (QED) is 0.517. The van der Waals surface area contributed by atoms with Gasteiger partial charge in [0.1, 0.15) is 12.0 Å². The van der Waals surface area contributed by atoms with Crippen molar-refractivity contribution in [3.63, 3.8) is 0 Å². The number of aromatic nitrogens is 2. The van der Waals surface area contributed by atoms with Crippen molar-refractivity contribution in [1.29, 1.82) is 0 Å². The van der Waals surface area contributed by atoms with Crippen LogP contribution in [0.4, 0.5) is 15.9 Å². The largest absolute Gasteiger partial charge is 0.369 e. The highest BCUT2D eigenvalue weighted by molar-refractivity contribution is 7.92. The SMILES string of the molecule is NC1=Nc2[nH]ncc2C(N)N1C1CCN(S(=O)(=O)c2ccc(F)c(Cl)c2)c2ccccc2C1. The van der Waals surface area contributed by atoms with E-state index in [4.69, 9.17) is 23.1 Å². The molecule has 5 rings (SSSR count). The van der Waals surface area contributed by atoms with Crippen LogP contribution in [0.2, 0.25) is 5.02 Å². The summed E-state index contributed by atoms with van der Waals surface area (Å²) >= 11 is 5.87. The van der Waals surface area contributed by atoms with E-state index >= 15 is 0 Å². The van der Waals surface area contributed by atoms with Gasteiger partial charge in [-0.3, -0.25) is 9.40 Å². The van der Waals surface area contributed by atoms with E-state index in [1.165, 1.54) is 10.4 Å². The molecule has 33 heavy (non-hydrogen) atoms. The van der Waals surface area contributed by atoms with Crippen LogP contribution >= 0.6 is 11.6 Å². The molecule has 3 aromatic rings. The van der Waals surface area contributed by atoms with E-state index in [0.717, 1.165) is 17.7 Å². The molecule has 0 aliphatic carbocycles. The number of benzene rings is 2. The highest BCUT2D eigenvalue weighted by Crippen LogP contribution is 2.37. The van der Waals surface area contributed by atoms with E-state index < -0.39 is 22.0 Å². The van der Waals surface area contributed by atoms with Crippen LogP contribution in [0.5, 0.6) is 0 Å². The lowest BCUT2D eigenvalue weighted by molar-refractivity contribution is 0.226. The Kier molecular flexibility index (Phi) is 5.26. The molecule has 3 heterocycles. The fraction of sp³-hybridized carbons (Fsp3) is 0.238. The second kappa shape index (κ2) is 8.01. The summed E-state index contributed by atoms with van der Waals surface area (Å²) in [5.74, 6) is 0.0745. The van der Waals surface area contributed by atoms with Crippen molar-refractivity contribution in [3.05, 3.63) is 70.6 Å². The average molecular weight is 490 g/mol. The second-order valence-corrected chi connectivity index (χ2v) is 10.2. The minimum Gasteiger partial charge on any atom is -0.369 e. The lowest BCUT2D eigenvalue weighted by atomic mass is 10.0. The van der Waals surface area contributed by atoms with Gasteiger partial charge in [0.15, 0.2) is 11.8 Å². The second-order valence-electron chi connectivity index (χ2n) is 7.92. The van der Waals surface area contributed by atoms with Gasteiger partial charge in [0.2, 0.25) is 0 Å². The van der Waals surface area contributed by atoms with Gasteiger partial charge in [-0.15, -0.1) is 0 Å². The van der Waals surface area contributed by atoms with Crippen LogP contribution < -0.4 is 15.8 Å². The van der Waals surface area contributed by atoms with Gasteiger partial charge in [-0.1, -0.05) is 29.8 Å². The van der Waals surface area contributed by atoms with Crippen molar-refractivity contribution in [2.24, 2.45) is 16.5 Å². The maximum absolute atomic E-state index is 13.7. The molecule has 9 nitrogen and oxygen atoms in total. The van der Waals surface area contributed by atoms with Gasteiger partial charge in [0.25, 0.3) is 10.0 Å². The van der Waals surface area contributed by atoms with Crippen LogP contribution in [0.15, 0.2) is 58.5 Å². The van der Waals surface area contributed by atoms with Crippen molar-refractivity contribution in [1.82, 2.24) is 15.1 Å². The van der Waals surface area contributed by atoms with Crippen LogP contribution in [0.3, 0.4) is 0 Å². The number of hydrogen-bond donors (Lipinski definition) is 3. The molecule has 172 valence electrons. The van der Waals surface area contributed by atoms with Gasteiger partial charge in [0, 0.05) is 12.6 Å². The normalized spacial score (nSPS) is 20.6. The van der Waals surface area contributed by atoms with Crippen LogP contribution in [-0.4, -0.2) is 42.1 Å². The average Bonchev–Trinajstić information content (AvgIpc) is 3.16. The van der Waals surface area contributed by atoms with Gasteiger partial charge < -0.3 is 16.4 Å². The number of nitrogens with two attached hydrogens (primary N) is 2. The number of halogens is 2. The zero-order chi connectivity index (χ0) is 23.3. The molecule has 2 unspecified atom stereocenters. The first-order chi connectivity index (χ1) is 15.8. The summed E-state index contributed by atoms with van der Waals surface area (Å²) in [5.41, 5.74) is 14.8. The van der Waals surface area contributed by atoms with Gasteiger partial charge >= 0.3 is 0 Å². The fourth-order valence-electron chi connectivity index (χ4n) is 4.39. The molecule has 0 fully saturated rings. The number of rotatable bonds is 3. The maximum atomic E-state index is 13.7. The Morgan fingerprint density at radius 2 is 2.00 bits per heavy atom. The molecule has 0 radical (unpaired) electrons. The lowest BCUT2D eigenvalue weighted by Crippen LogP contribution is -2.52. The molecule has 2 aliphatic heterocycles. The Labute approximate surface area is 194 Å². The maximum Gasteiger partial charge on any atom is 0.264 e. The van der Waals surface area contributed by atoms with E-state index in [1.807, 2.05) is 12.1 Å². The molecule has 0 bridgehead atoms. The Morgan fingerprint density at radius 3 is 2.79 bits per heavy atom. The molecule has 0 saturated heterocycles. The zero-order valence-corrected chi connectivity index (χ0v) is 18.9. The molecular weight excluding hydrogens is 469 g/mol. The first kappa shape index (κ1) is 21.7. The van der Waals surface area contributed by atoms with Gasteiger partial charge in [0.05, 0.1) is 27.4 Å². The van der Waals surface area contributed by atoms with E-state index in [-0.39, 0.29) is 28.5 Å². The van der Waals surface area contributed by atoms with E-state index in [9.17, 15) is 12.8 Å². The smallest absolute Gasteiger partial charge is 0.264 e. The lowest BCUT2D eigenvalue weighted by Gasteiger charge is -2.38. The number of guanidine groups is 1. The molecule has 0 amide bonds. The number of nitrogens with one attached hydrogen (secondary N) is 1. The minimum atomic E-state index is -4.00. The summed E-state index contributed by atoms with van der Waals surface area (Å²) in [6, 6.07) is 10.4. The number of fused-ring (bicyclic) bond motifs is 2. The summed E-state index contributed by atoms with van der Waals surface area (Å²) < 4.78 is 42.1. The highest BCUT2D eigenvalue weighted by Gasteiger charge is 2.37. The van der Waals surface area contributed by atoms with Crippen molar-refractivity contribution < 1.29 is 12.8 Å². The number of aliphatic imine (C=N–C) groups is 1. The van der Waals surface area contributed by atoms with Crippen molar-refractivity contribution in [2.75, 3.05) is 10.8 Å². The molecular formula is C21H21ClFN7O2S. The number of nitrogens with zero attached hydrogens (tertiary/aromatic N) is 4. The molecule has 5 N–H and O–H groups in total. The number of aromatic amines is 1. The van der Waals surface area contributed by atoms with E-state index in [2.05, 4.69) is 15.2 Å². The van der Waals surface area contributed by atoms with Crippen LogP contribution in [-0.2, 0) is 16.4 Å². The Balaban J connectivity index is 1.53. The van der Waals surface area contributed by atoms with Crippen molar-refractivity contribution >= 4 is 39.1 Å². The first-order valence-corrected chi connectivity index (χ1v) is 12.1. The molecule has 0 spiro atoms. The molecule has 1 aromatic heterocycles. The van der Waals surface area contributed by atoms with Crippen molar-refractivity contribution in [2.45, 2.75) is 29.9 Å². The van der Waals surface area contributed by atoms with Gasteiger partial charge in [-0.2, -0.15) is 10.1 Å². The third-order valence-corrected chi connectivity index (χ3v) is 8.11. The van der Waals surface area contributed by atoms with Gasteiger partial charge in [-0.25, -0.2) is 12.8 Å². The number of sulfonamides is 1. The summed E-state index contributed by atoms with van der Waals surface area (Å²) in [5, 5.41) is 6.52.